The molecular formula is C10H17NO2. The van der Waals surface area contributed by atoms with E-state index in [1.165, 1.54) is 12.8 Å². The summed E-state index contributed by atoms with van der Waals surface area (Å²) in [5.74, 6) is 0.634. The van der Waals surface area contributed by atoms with E-state index in [1.54, 1.807) is 0 Å². The van der Waals surface area contributed by atoms with Gasteiger partial charge in [-0.2, -0.15) is 0 Å². The number of rotatable bonds is 2. The normalized spacial score (nSPS) is 30.6. The zero-order valence-electron chi connectivity index (χ0n) is 7.92. The molecule has 74 valence electrons. The third kappa shape index (κ3) is 2.09. The Morgan fingerprint density at radius 2 is 2.08 bits per heavy atom. The van der Waals surface area contributed by atoms with Crippen molar-refractivity contribution in [3.05, 3.63) is 0 Å². The molecular weight excluding hydrogens is 166 g/mol. The molecule has 3 heteroatoms. The Morgan fingerprint density at radius 3 is 2.69 bits per heavy atom. The minimum absolute atomic E-state index is 0.156. The topological polar surface area (TPSA) is 38.3 Å². The summed E-state index contributed by atoms with van der Waals surface area (Å²) in [6, 6.07) is 0. The van der Waals surface area contributed by atoms with Gasteiger partial charge in [-0.15, -0.1) is 0 Å². The van der Waals surface area contributed by atoms with Crippen LogP contribution in [0, 0.1) is 5.92 Å². The highest BCUT2D eigenvalue weighted by atomic mass is 16.5. The van der Waals surface area contributed by atoms with Gasteiger partial charge in [0.1, 0.15) is 6.10 Å². The van der Waals surface area contributed by atoms with E-state index in [4.69, 9.17) is 4.74 Å². The van der Waals surface area contributed by atoms with E-state index >= 15 is 0 Å². The highest BCUT2D eigenvalue weighted by molar-refractivity contribution is 5.86. The van der Waals surface area contributed by atoms with Crippen molar-refractivity contribution >= 4 is 5.78 Å². The van der Waals surface area contributed by atoms with Crippen LogP contribution in [0.5, 0.6) is 0 Å². The Kier molecular flexibility index (Phi) is 2.96. The summed E-state index contributed by atoms with van der Waals surface area (Å²) in [6.07, 6.45) is 4.45. The first kappa shape index (κ1) is 9.16. The summed E-state index contributed by atoms with van der Waals surface area (Å²) < 4.78 is 5.44. The molecule has 1 saturated heterocycles. The molecule has 1 N–H and O–H groups in total. The van der Waals surface area contributed by atoms with Gasteiger partial charge in [0.2, 0.25) is 0 Å². The van der Waals surface area contributed by atoms with Crippen LogP contribution in [0.15, 0.2) is 0 Å². The molecule has 1 atom stereocenters. The van der Waals surface area contributed by atoms with Gasteiger partial charge < -0.3 is 10.1 Å². The minimum atomic E-state index is -0.156. The number of nitrogens with one attached hydrogen (secondary N) is 1. The molecule has 0 aromatic heterocycles. The van der Waals surface area contributed by atoms with Crippen molar-refractivity contribution in [1.29, 1.82) is 0 Å². The Bertz CT molecular complexity index is 181. The molecule has 2 fully saturated rings. The second kappa shape index (κ2) is 4.20. The van der Waals surface area contributed by atoms with Crippen LogP contribution < -0.4 is 5.32 Å². The van der Waals surface area contributed by atoms with Gasteiger partial charge in [-0.1, -0.05) is 12.8 Å². The number of carbonyl (C=O) groups excluding carboxylic acids is 1. The molecule has 0 radical (unpaired) electrons. The van der Waals surface area contributed by atoms with Gasteiger partial charge in [0, 0.05) is 19.0 Å². The van der Waals surface area contributed by atoms with Crippen LogP contribution in [0.4, 0.5) is 0 Å². The zero-order chi connectivity index (χ0) is 9.10. The lowest BCUT2D eigenvalue weighted by atomic mass is 9.98. The molecule has 1 saturated carbocycles. The van der Waals surface area contributed by atoms with Gasteiger partial charge in [-0.05, 0) is 12.8 Å². The first-order valence-electron chi connectivity index (χ1n) is 5.24. The van der Waals surface area contributed by atoms with Crippen molar-refractivity contribution < 1.29 is 9.53 Å². The summed E-state index contributed by atoms with van der Waals surface area (Å²) in [4.78, 5) is 11.8. The number of carbonyl (C=O) groups is 1. The van der Waals surface area contributed by atoms with E-state index in [9.17, 15) is 4.79 Å². The zero-order valence-corrected chi connectivity index (χ0v) is 7.92. The maximum absolute atomic E-state index is 11.8. The van der Waals surface area contributed by atoms with Crippen LogP contribution >= 0.6 is 0 Å². The maximum Gasteiger partial charge on any atom is 0.165 e. The highest BCUT2D eigenvalue weighted by Crippen LogP contribution is 2.27. The number of hydrogen-bond donors (Lipinski definition) is 1. The molecule has 1 heterocycles. The molecule has 0 amide bonds. The van der Waals surface area contributed by atoms with E-state index in [0.717, 1.165) is 25.9 Å². The van der Waals surface area contributed by atoms with Crippen molar-refractivity contribution in [3.8, 4) is 0 Å². The lowest BCUT2D eigenvalue weighted by molar-refractivity contribution is -0.135. The molecule has 0 bridgehead atoms. The smallest absolute Gasteiger partial charge is 0.165 e. The fourth-order valence-corrected chi connectivity index (χ4v) is 2.22. The number of ketones is 1. The third-order valence-electron chi connectivity index (χ3n) is 3.00. The second-order valence-electron chi connectivity index (χ2n) is 3.95. The van der Waals surface area contributed by atoms with Crippen LogP contribution in [-0.4, -0.2) is 31.6 Å². The molecule has 13 heavy (non-hydrogen) atoms. The van der Waals surface area contributed by atoms with Crippen molar-refractivity contribution in [2.45, 2.75) is 31.8 Å². The van der Waals surface area contributed by atoms with Gasteiger partial charge >= 0.3 is 0 Å². The predicted octanol–water partition coefficient (Wildman–Crippen LogP) is 0.734. The van der Waals surface area contributed by atoms with Gasteiger partial charge in [-0.3, -0.25) is 4.79 Å². The molecule has 1 unspecified atom stereocenters. The molecule has 0 aromatic carbocycles. The van der Waals surface area contributed by atoms with Crippen molar-refractivity contribution in [2.75, 3.05) is 19.7 Å². The van der Waals surface area contributed by atoms with E-state index in [2.05, 4.69) is 5.32 Å². The first-order chi connectivity index (χ1) is 6.38. The molecule has 2 rings (SSSR count). The second-order valence-corrected chi connectivity index (χ2v) is 3.95. The Morgan fingerprint density at radius 1 is 1.31 bits per heavy atom. The lowest BCUT2D eigenvalue weighted by Crippen LogP contribution is -2.44. The first-order valence-corrected chi connectivity index (χ1v) is 5.24. The number of morpholine rings is 1. The Hall–Kier alpha value is -0.410. The largest absolute Gasteiger partial charge is 0.368 e. The van der Waals surface area contributed by atoms with Crippen molar-refractivity contribution in [1.82, 2.24) is 5.32 Å². The van der Waals surface area contributed by atoms with Crippen molar-refractivity contribution in [3.63, 3.8) is 0 Å². The lowest BCUT2D eigenvalue weighted by Gasteiger charge is -2.24. The summed E-state index contributed by atoms with van der Waals surface area (Å²) in [7, 11) is 0. The molecule has 0 spiro atoms. The average molecular weight is 183 g/mol. The minimum Gasteiger partial charge on any atom is -0.368 e. The Labute approximate surface area is 78.8 Å². The fraction of sp³-hybridized carbons (Fsp3) is 0.900. The van der Waals surface area contributed by atoms with Crippen LogP contribution in [0.3, 0.4) is 0 Å². The molecule has 2 aliphatic rings. The Balaban J connectivity index is 1.87. The predicted molar refractivity (Wildman–Crippen MR) is 49.6 cm³/mol. The van der Waals surface area contributed by atoms with E-state index in [0.29, 0.717) is 18.3 Å². The summed E-state index contributed by atoms with van der Waals surface area (Å²) >= 11 is 0. The fourth-order valence-electron chi connectivity index (χ4n) is 2.22. The standard InChI is InChI=1S/C10H17NO2/c12-10(8-3-1-2-4-8)9-7-11-5-6-13-9/h8-9,11H,1-7H2. The van der Waals surface area contributed by atoms with E-state index < -0.39 is 0 Å². The quantitative estimate of drug-likeness (QED) is 0.686. The monoisotopic (exact) mass is 183 g/mol. The summed E-state index contributed by atoms with van der Waals surface area (Å²) in [5, 5.41) is 3.19. The number of ether oxygens (including phenoxy) is 1. The van der Waals surface area contributed by atoms with Gasteiger partial charge in [0.25, 0.3) is 0 Å². The van der Waals surface area contributed by atoms with Crippen molar-refractivity contribution in [2.24, 2.45) is 5.92 Å². The summed E-state index contributed by atoms with van der Waals surface area (Å²) in [6.45, 7) is 2.28. The number of hydrogen-bond acceptors (Lipinski definition) is 3. The molecule has 1 aliphatic heterocycles. The highest BCUT2D eigenvalue weighted by Gasteiger charge is 2.30. The maximum atomic E-state index is 11.8. The van der Waals surface area contributed by atoms with Gasteiger partial charge in [0.05, 0.1) is 6.61 Å². The third-order valence-corrected chi connectivity index (χ3v) is 3.00. The van der Waals surface area contributed by atoms with Gasteiger partial charge in [0.15, 0.2) is 5.78 Å². The van der Waals surface area contributed by atoms with Crippen LogP contribution in [0.2, 0.25) is 0 Å². The molecule has 0 aromatic rings. The molecule has 3 nitrogen and oxygen atoms in total. The number of Topliss-reactive ketones (excluding diaryl/α,β-unsaturated/α-hetero) is 1. The van der Waals surface area contributed by atoms with Gasteiger partial charge in [-0.25, -0.2) is 0 Å². The van der Waals surface area contributed by atoms with Crippen LogP contribution in [0.1, 0.15) is 25.7 Å². The average Bonchev–Trinajstić information content (AvgIpc) is 2.71. The SMILES string of the molecule is O=C(C1CCCC1)C1CNCCO1. The molecule has 1 aliphatic carbocycles. The van der Waals surface area contributed by atoms with Crippen LogP contribution in [0.25, 0.3) is 0 Å². The van der Waals surface area contributed by atoms with Crippen LogP contribution in [-0.2, 0) is 9.53 Å². The van der Waals surface area contributed by atoms with E-state index in [-0.39, 0.29) is 6.10 Å². The summed E-state index contributed by atoms with van der Waals surface area (Å²) in [5.41, 5.74) is 0. The van der Waals surface area contributed by atoms with E-state index in [1.807, 2.05) is 0 Å².